The predicted molar refractivity (Wildman–Crippen MR) is 51.3 cm³/mol. The van der Waals surface area contributed by atoms with Crippen molar-refractivity contribution in [2.45, 2.75) is 32.3 Å². The quantitative estimate of drug-likeness (QED) is 0.353. The van der Waals surface area contributed by atoms with Crippen molar-refractivity contribution >= 4 is 11.8 Å². The van der Waals surface area contributed by atoms with E-state index in [1.54, 1.807) is 6.92 Å². The van der Waals surface area contributed by atoms with Crippen LogP contribution in [0.15, 0.2) is 0 Å². The summed E-state index contributed by atoms with van der Waals surface area (Å²) in [5, 5.41) is 26.4. The van der Waals surface area contributed by atoms with Crippen molar-refractivity contribution in [3.05, 3.63) is 0 Å². The van der Waals surface area contributed by atoms with E-state index in [4.69, 9.17) is 20.1 Å². The number of rotatable bonds is 7. The van der Waals surface area contributed by atoms with Crippen LogP contribution in [0.1, 0.15) is 13.8 Å². The van der Waals surface area contributed by atoms with E-state index in [1.807, 2.05) is 0 Å². The molecular formula is C9H16O7. The third-order valence-corrected chi connectivity index (χ3v) is 1.72. The molecule has 7 heteroatoms. The molecule has 0 bridgehead atoms. The highest BCUT2D eigenvalue weighted by molar-refractivity contribution is 5.88. The van der Waals surface area contributed by atoms with Crippen LogP contribution in [-0.4, -0.2) is 58.8 Å². The number of hydrogen-bond acceptors (Lipinski definition) is 7. The molecule has 0 heterocycles. The molecule has 0 amide bonds. The zero-order valence-electron chi connectivity index (χ0n) is 9.12. The Kier molecular flexibility index (Phi) is 6.82. The highest BCUT2D eigenvalue weighted by Gasteiger charge is 2.28. The van der Waals surface area contributed by atoms with Gasteiger partial charge < -0.3 is 24.8 Å². The van der Waals surface area contributed by atoms with Crippen molar-refractivity contribution in [1.82, 2.24) is 0 Å². The Labute approximate surface area is 92.6 Å². The summed E-state index contributed by atoms with van der Waals surface area (Å²) >= 11 is 0. The van der Waals surface area contributed by atoms with Crippen molar-refractivity contribution < 1.29 is 34.4 Å². The lowest BCUT2D eigenvalue weighted by Gasteiger charge is -2.16. The number of carbonyl (C=O) groups excluding carboxylic acids is 2. The topological polar surface area (TPSA) is 113 Å². The maximum atomic E-state index is 11.2. The molecule has 0 aromatic carbocycles. The number of aliphatic hydroxyl groups excluding tert-OH is 3. The normalized spacial score (nSPS) is 16.3. The smallest absolute Gasteiger partial charge is 0.337 e. The monoisotopic (exact) mass is 236 g/mol. The van der Waals surface area contributed by atoms with Crippen molar-refractivity contribution in [3.8, 4) is 0 Å². The molecule has 2 unspecified atom stereocenters. The molecular weight excluding hydrogens is 220 g/mol. The Morgan fingerprint density at radius 1 is 1.31 bits per heavy atom. The molecule has 3 atom stereocenters. The second-order valence-corrected chi connectivity index (χ2v) is 2.99. The Hall–Kier alpha value is -1.02. The zero-order valence-corrected chi connectivity index (χ0v) is 9.12. The van der Waals surface area contributed by atoms with E-state index in [0.29, 0.717) is 0 Å². The summed E-state index contributed by atoms with van der Waals surface area (Å²) in [6.07, 6.45) is -4.79. The maximum absolute atomic E-state index is 11.2. The molecule has 0 aliphatic rings. The number of Topliss-reactive ketones (excluding diaryl/α,β-unsaturated/α-hetero) is 1. The van der Waals surface area contributed by atoms with Crippen molar-refractivity contribution in [2.75, 3.05) is 13.2 Å². The molecule has 0 aromatic rings. The lowest BCUT2D eigenvalue weighted by atomic mass is 10.2. The molecule has 94 valence electrons. The minimum absolute atomic E-state index is 0.277. The van der Waals surface area contributed by atoms with E-state index in [2.05, 4.69) is 4.74 Å². The van der Waals surface area contributed by atoms with Crippen LogP contribution in [0.4, 0.5) is 0 Å². The van der Waals surface area contributed by atoms with Crippen LogP contribution in [-0.2, 0) is 19.1 Å². The van der Waals surface area contributed by atoms with Gasteiger partial charge in [-0.25, -0.2) is 4.79 Å². The van der Waals surface area contributed by atoms with Gasteiger partial charge in [-0.1, -0.05) is 0 Å². The first-order valence-electron chi connectivity index (χ1n) is 4.76. The first-order chi connectivity index (χ1) is 7.43. The van der Waals surface area contributed by atoms with E-state index >= 15 is 0 Å². The van der Waals surface area contributed by atoms with Gasteiger partial charge in [-0.15, -0.1) is 0 Å². The average molecular weight is 236 g/mol. The van der Waals surface area contributed by atoms with Gasteiger partial charge in [0.1, 0.15) is 6.10 Å². The molecule has 0 spiro atoms. The molecule has 16 heavy (non-hydrogen) atoms. The van der Waals surface area contributed by atoms with Crippen LogP contribution in [0.5, 0.6) is 0 Å². The summed E-state index contributed by atoms with van der Waals surface area (Å²) in [6, 6.07) is 0. The lowest BCUT2D eigenvalue weighted by Crippen LogP contribution is -2.39. The number of esters is 1. The van der Waals surface area contributed by atoms with Gasteiger partial charge in [-0.2, -0.15) is 0 Å². The van der Waals surface area contributed by atoms with Crippen LogP contribution in [0.3, 0.4) is 0 Å². The van der Waals surface area contributed by atoms with E-state index in [9.17, 15) is 9.59 Å². The van der Waals surface area contributed by atoms with Gasteiger partial charge in [0.25, 0.3) is 6.29 Å². The summed E-state index contributed by atoms with van der Waals surface area (Å²) < 4.78 is 9.18. The van der Waals surface area contributed by atoms with E-state index < -0.39 is 36.9 Å². The maximum Gasteiger partial charge on any atom is 0.337 e. The van der Waals surface area contributed by atoms with Gasteiger partial charge in [-0.3, -0.25) is 4.79 Å². The molecule has 0 saturated carbocycles. The van der Waals surface area contributed by atoms with Crippen molar-refractivity contribution in [1.29, 1.82) is 0 Å². The van der Waals surface area contributed by atoms with E-state index in [0.717, 1.165) is 0 Å². The van der Waals surface area contributed by atoms with Gasteiger partial charge in [0.05, 0.1) is 6.61 Å². The van der Waals surface area contributed by atoms with Crippen LogP contribution in [0.2, 0.25) is 0 Å². The standard InChI is InChI=1S/C9H16O7/c1-3-15-5(2)8(13)16-9(14)7(12)6(11)4-10/h5-6,9-11,14H,3-4H2,1-2H3/t5?,6-,9?/m0/s1. The van der Waals surface area contributed by atoms with Crippen LogP contribution < -0.4 is 0 Å². The molecule has 0 saturated heterocycles. The fourth-order valence-electron chi connectivity index (χ4n) is 0.837. The predicted octanol–water partition coefficient (Wildman–Crippen LogP) is -1.80. The van der Waals surface area contributed by atoms with Gasteiger partial charge in [-0.05, 0) is 13.8 Å². The second-order valence-electron chi connectivity index (χ2n) is 2.99. The van der Waals surface area contributed by atoms with Gasteiger partial charge in [0.15, 0.2) is 6.10 Å². The number of ketones is 1. The van der Waals surface area contributed by atoms with Crippen LogP contribution >= 0.6 is 0 Å². The summed E-state index contributed by atoms with van der Waals surface area (Å²) in [5.74, 6) is -2.10. The first kappa shape index (κ1) is 15.0. The third-order valence-electron chi connectivity index (χ3n) is 1.72. The van der Waals surface area contributed by atoms with Gasteiger partial charge >= 0.3 is 5.97 Å². The highest BCUT2D eigenvalue weighted by atomic mass is 16.7. The molecule has 7 nitrogen and oxygen atoms in total. The van der Waals surface area contributed by atoms with Gasteiger partial charge in [0.2, 0.25) is 5.78 Å². The molecule has 0 aromatic heterocycles. The van der Waals surface area contributed by atoms with Crippen molar-refractivity contribution in [3.63, 3.8) is 0 Å². The largest absolute Gasteiger partial charge is 0.426 e. The number of hydrogen-bond donors (Lipinski definition) is 3. The lowest BCUT2D eigenvalue weighted by molar-refractivity contribution is -0.187. The van der Waals surface area contributed by atoms with Gasteiger partial charge in [0, 0.05) is 6.61 Å². The van der Waals surface area contributed by atoms with Crippen molar-refractivity contribution in [2.24, 2.45) is 0 Å². The molecule has 0 radical (unpaired) electrons. The number of carbonyl (C=O) groups is 2. The second kappa shape index (κ2) is 7.29. The molecule has 0 fully saturated rings. The minimum atomic E-state index is -2.10. The number of aliphatic hydroxyl groups is 3. The number of ether oxygens (including phenoxy) is 2. The Morgan fingerprint density at radius 3 is 2.31 bits per heavy atom. The molecule has 0 rings (SSSR count). The SMILES string of the molecule is CCOC(C)C(=O)OC(O)C(=O)[C@@H](O)CO. The minimum Gasteiger partial charge on any atom is -0.426 e. The molecule has 0 aliphatic heterocycles. The Bertz CT molecular complexity index is 240. The molecule has 0 aliphatic carbocycles. The third kappa shape index (κ3) is 4.67. The average Bonchev–Trinajstić information content (AvgIpc) is 2.26. The first-order valence-corrected chi connectivity index (χ1v) is 4.76. The fourth-order valence-corrected chi connectivity index (χ4v) is 0.837. The highest BCUT2D eigenvalue weighted by Crippen LogP contribution is 2.00. The fraction of sp³-hybridized carbons (Fsp3) is 0.778. The van der Waals surface area contributed by atoms with E-state index in [-0.39, 0.29) is 6.61 Å². The van der Waals surface area contributed by atoms with Crippen LogP contribution in [0.25, 0.3) is 0 Å². The summed E-state index contributed by atoms with van der Waals surface area (Å²) in [6.45, 7) is 2.49. The van der Waals surface area contributed by atoms with Crippen LogP contribution in [0, 0.1) is 0 Å². The Balaban J connectivity index is 4.18. The zero-order chi connectivity index (χ0) is 12.7. The summed E-state index contributed by atoms with van der Waals surface area (Å²) in [7, 11) is 0. The summed E-state index contributed by atoms with van der Waals surface area (Å²) in [5.41, 5.74) is 0. The molecule has 3 N–H and O–H groups in total. The Morgan fingerprint density at radius 2 is 1.88 bits per heavy atom. The summed E-state index contributed by atoms with van der Waals surface area (Å²) in [4.78, 5) is 22.2. The van der Waals surface area contributed by atoms with E-state index in [1.165, 1.54) is 6.92 Å².